The van der Waals surface area contributed by atoms with Crippen LogP contribution in [0.4, 0.5) is 0 Å². The topological polar surface area (TPSA) is 105 Å². The molecule has 3 unspecified atom stereocenters. The second-order valence-electron chi connectivity index (χ2n) is 20.7. The molecule has 1 amide bonds. The Kier molecular flexibility index (Phi) is 46.8. The van der Waals surface area contributed by atoms with Gasteiger partial charge in [0.2, 0.25) is 5.91 Å². The van der Waals surface area contributed by atoms with Gasteiger partial charge in [0.1, 0.15) is 13.2 Å². The number of phosphoric ester groups is 1. The number of likely N-dealkylation sites (N-methyl/N-ethyl adjacent to an activating group) is 1. The summed E-state index contributed by atoms with van der Waals surface area (Å²) in [5.41, 5.74) is 0. The molecular formula is C55H112N2O6P+. The Balaban J connectivity index is 4.07. The van der Waals surface area contributed by atoms with Gasteiger partial charge in [-0.15, -0.1) is 0 Å². The molecule has 3 N–H and O–H groups in total. The predicted octanol–water partition coefficient (Wildman–Crippen LogP) is 16.7. The van der Waals surface area contributed by atoms with E-state index in [4.69, 9.17) is 9.05 Å². The normalized spacial score (nSPS) is 14.0. The Morgan fingerprint density at radius 3 is 1.20 bits per heavy atom. The van der Waals surface area contributed by atoms with Gasteiger partial charge in [0.25, 0.3) is 0 Å². The Bertz CT molecular complexity index is 1050. The second-order valence-corrected chi connectivity index (χ2v) is 22.1. The molecule has 0 aromatic rings. The number of carbonyl (C=O) groups excluding carboxylic acids is 1. The quantitative estimate of drug-likeness (QED) is 0.0243. The van der Waals surface area contributed by atoms with E-state index in [1.165, 1.54) is 205 Å². The first-order chi connectivity index (χ1) is 31.0. The number of carbonyl (C=O) groups is 1. The summed E-state index contributed by atoms with van der Waals surface area (Å²) >= 11 is 0. The summed E-state index contributed by atoms with van der Waals surface area (Å²) in [6.45, 7) is 4.91. The third kappa shape index (κ3) is 49.2. The van der Waals surface area contributed by atoms with Crippen LogP contribution in [0.3, 0.4) is 0 Å². The number of quaternary nitrogens is 1. The van der Waals surface area contributed by atoms with Gasteiger partial charge in [-0.3, -0.25) is 13.8 Å². The SMILES string of the molecule is CCCCCCC/C=C\CCCCCCCC(=O)NC(COP(=O)(O)OCC[N+](C)(C)C)C(O)CCCCCCCCCCCCCCCCCCCCCCCCCCCCCC. The van der Waals surface area contributed by atoms with E-state index in [0.717, 1.165) is 51.4 Å². The molecule has 0 aliphatic carbocycles. The number of aliphatic hydroxyl groups excluding tert-OH is 1. The molecule has 0 saturated heterocycles. The highest BCUT2D eigenvalue weighted by Gasteiger charge is 2.28. The molecule has 64 heavy (non-hydrogen) atoms. The summed E-state index contributed by atoms with van der Waals surface area (Å²) < 4.78 is 23.7. The summed E-state index contributed by atoms with van der Waals surface area (Å²) in [5.74, 6) is -0.149. The minimum absolute atomic E-state index is 0.0753. The molecule has 0 bridgehead atoms. The van der Waals surface area contributed by atoms with Crippen molar-refractivity contribution < 1.29 is 32.9 Å². The molecule has 0 aliphatic heterocycles. The fourth-order valence-corrected chi connectivity index (χ4v) is 9.31. The van der Waals surface area contributed by atoms with Gasteiger partial charge in [0, 0.05) is 6.42 Å². The fourth-order valence-electron chi connectivity index (χ4n) is 8.57. The molecule has 0 aromatic heterocycles. The van der Waals surface area contributed by atoms with Crippen LogP contribution >= 0.6 is 7.82 Å². The Hall–Kier alpha value is -0.760. The van der Waals surface area contributed by atoms with Crippen LogP contribution in [-0.2, 0) is 18.4 Å². The molecule has 0 rings (SSSR count). The smallest absolute Gasteiger partial charge is 0.391 e. The predicted molar refractivity (Wildman–Crippen MR) is 277 cm³/mol. The Morgan fingerprint density at radius 1 is 0.516 bits per heavy atom. The number of unbranched alkanes of at least 4 members (excludes halogenated alkanes) is 37. The maximum absolute atomic E-state index is 12.9. The average Bonchev–Trinajstić information content (AvgIpc) is 3.25. The third-order valence-corrected chi connectivity index (χ3v) is 14.0. The third-order valence-electron chi connectivity index (χ3n) is 13.0. The van der Waals surface area contributed by atoms with E-state index in [9.17, 15) is 19.4 Å². The zero-order chi connectivity index (χ0) is 47.1. The molecule has 0 aromatic carbocycles. The van der Waals surface area contributed by atoms with Crippen molar-refractivity contribution in [3.63, 3.8) is 0 Å². The number of rotatable bonds is 52. The summed E-state index contributed by atoms with van der Waals surface area (Å²) in [6.07, 6.45) is 57.0. The van der Waals surface area contributed by atoms with Crippen LogP contribution < -0.4 is 5.32 Å². The fraction of sp³-hybridized carbons (Fsp3) is 0.945. The number of phosphoric acid groups is 1. The van der Waals surface area contributed by atoms with E-state index < -0.39 is 20.0 Å². The highest BCUT2D eigenvalue weighted by molar-refractivity contribution is 7.47. The van der Waals surface area contributed by atoms with Gasteiger partial charge in [-0.25, -0.2) is 4.57 Å². The first-order valence-electron chi connectivity index (χ1n) is 28.1. The lowest BCUT2D eigenvalue weighted by molar-refractivity contribution is -0.870. The number of nitrogens with one attached hydrogen (secondary N) is 1. The highest BCUT2D eigenvalue weighted by atomic mass is 31.2. The van der Waals surface area contributed by atoms with E-state index in [1.54, 1.807) is 0 Å². The van der Waals surface area contributed by atoms with E-state index in [-0.39, 0.29) is 19.1 Å². The molecule has 3 atom stereocenters. The van der Waals surface area contributed by atoms with Crippen LogP contribution in [0.5, 0.6) is 0 Å². The average molecular weight is 928 g/mol. The van der Waals surface area contributed by atoms with Crippen LogP contribution in [0, 0.1) is 0 Å². The maximum Gasteiger partial charge on any atom is 0.472 e. The Labute approximate surface area is 399 Å². The molecular weight excluding hydrogens is 816 g/mol. The monoisotopic (exact) mass is 928 g/mol. The van der Waals surface area contributed by atoms with Gasteiger partial charge >= 0.3 is 7.82 Å². The first kappa shape index (κ1) is 63.2. The second kappa shape index (κ2) is 47.3. The summed E-state index contributed by atoms with van der Waals surface area (Å²) in [7, 11) is 1.62. The standard InChI is InChI=1S/C55H111N2O6P/c1-6-8-10-12-14-16-18-20-22-23-24-25-26-27-28-29-30-31-32-33-34-35-36-38-40-42-44-46-48-54(58)53(52-63-64(60,61)62-51-50-57(3,4)5)56-55(59)49-47-45-43-41-39-37-21-19-17-15-13-11-9-7-2/h19,21,53-54,58H,6-18,20,22-52H2,1-5H3,(H-,56,59,60,61)/p+1/b21-19-. The number of allylic oxidation sites excluding steroid dienone is 2. The van der Waals surface area contributed by atoms with Crippen molar-refractivity contribution in [1.82, 2.24) is 5.32 Å². The summed E-state index contributed by atoms with van der Waals surface area (Å²) in [5, 5.41) is 14.0. The molecule has 9 heteroatoms. The lowest BCUT2D eigenvalue weighted by Crippen LogP contribution is -2.46. The van der Waals surface area contributed by atoms with Crippen molar-refractivity contribution in [3.8, 4) is 0 Å². The van der Waals surface area contributed by atoms with Crippen LogP contribution in [0.1, 0.15) is 284 Å². The molecule has 0 aliphatic rings. The first-order valence-corrected chi connectivity index (χ1v) is 29.5. The van der Waals surface area contributed by atoms with Crippen LogP contribution in [0.15, 0.2) is 12.2 Å². The van der Waals surface area contributed by atoms with Crippen molar-refractivity contribution in [2.45, 2.75) is 296 Å². The number of hydrogen-bond acceptors (Lipinski definition) is 5. The van der Waals surface area contributed by atoms with Crippen LogP contribution in [-0.4, -0.2) is 73.4 Å². The maximum atomic E-state index is 12.9. The minimum Gasteiger partial charge on any atom is -0.391 e. The van der Waals surface area contributed by atoms with E-state index in [1.807, 2.05) is 21.1 Å². The molecule has 8 nitrogen and oxygen atoms in total. The molecule has 0 spiro atoms. The van der Waals surface area contributed by atoms with Gasteiger partial charge in [0.15, 0.2) is 0 Å². The molecule has 382 valence electrons. The van der Waals surface area contributed by atoms with E-state index in [2.05, 4.69) is 31.3 Å². The Morgan fingerprint density at radius 2 is 0.844 bits per heavy atom. The van der Waals surface area contributed by atoms with E-state index >= 15 is 0 Å². The molecule has 0 fully saturated rings. The summed E-state index contributed by atoms with van der Waals surface area (Å²) in [4.78, 5) is 23.2. The van der Waals surface area contributed by atoms with Crippen molar-refractivity contribution in [2.24, 2.45) is 0 Å². The van der Waals surface area contributed by atoms with Crippen LogP contribution in [0.25, 0.3) is 0 Å². The van der Waals surface area contributed by atoms with Crippen molar-refractivity contribution >= 4 is 13.7 Å². The van der Waals surface area contributed by atoms with Gasteiger partial charge < -0.3 is 19.8 Å². The number of amides is 1. The van der Waals surface area contributed by atoms with Gasteiger partial charge in [-0.2, -0.15) is 0 Å². The minimum atomic E-state index is -4.32. The zero-order valence-corrected chi connectivity index (χ0v) is 44.4. The van der Waals surface area contributed by atoms with Gasteiger partial charge in [-0.1, -0.05) is 251 Å². The zero-order valence-electron chi connectivity index (χ0n) is 43.6. The number of nitrogens with zero attached hydrogens (tertiary/aromatic N) is 1. The largest absolute Gasteiger partial charge is 0.472 e. The van der Waals surface area contributed by atoms with Gasteiger partial charge in [0.05, 0.1) is 39.9 Å². The number of aliphatic hydroxyl groups is 1. The van der Waals surface area contributed by atoms with Crippen molar-refractivity contribution in [3.05, 3.63) is 12.2 Å². The lowest BCUT2D eigenvalue weighted by atomic mass is 10.0. The highest BCUT2D eigenvalue weighted by Crippen LogP contribution is 2.43. The van der Waals surface area contributed by atoms with Crippen molar-refractivity contribution in [2.75, 3.05) is 40.9 Å². The van der Waals surface area contributed by atoms with Crippen LogP contribution in [0.2, 0.25) is 0 Å². The number of hydrogen-bond donors (Lipinski definition) is 3. The summed E-state index contributed by atoms with van der Waals surface area (Å²) in [6, 6.07) is -0.762. The van der Waals surface area contributed by atoms with Crippen molar-refractivity contribution in [1.29, 1.82) is 0 Å². The van der Waals surface area contributed by atoms with E-state index in [0.29, 0.717) is 23.9 Å². The lowest BCUT2D eigenvalue weighted by Gasteiger charge is -2.26. The van der Waals surface area contributed by atoms with Gasteiger partial charge in [-0.05, 0) is 38.5 Å². The molecule has 0 heterocycles. The molecule has 0 saturated carbocycles. The molecule has 0 radical (unpaired) electrons.